The van der Waals surface area contributed by atoms with Crippen molar-refractivity contribution in [2.45, 2.75) is 19.4 Å². The Labute approximate surface area is 89.3 Å². The van der Waals surface area contributed by atoms with Crippen LogP contribution in [0, 0.1) is 0 Å². The van der Waals surface area contributed by atoms with E-state index < -0.39 is 6.10 Å². The Hall–Kier alpha value is -1.36. The van der Waals surface area contributed by atoms with E-state index in [4.69, 9.17) is 0 Å². The monoisotopic (exact) mass is 211 g/mol. The molecule has 0 aliphatic carbocycles. The van der Waals surface area contributed by atoms with Crippen LogP contribution in [0.4, 0.5) is 0 Å². The van der Waals surface area contributed by atoms with Gasteiger partial charge in [0.2, 0.25) is 5.91 Å². The molecule has 0 spiro atoms. The van der Waals surface area contributed by atoms with Gasteiger partial charge < -0.3 is 10.0 Å². The van der Waals surface area contributed by atoms with Crippen LogP contribution < -0.4 is 0 Å². The lowest BCUT2D eigenvalue weighted by atomic mass is 10.2. The van der Waals surface area contributed by atoms with Gasteiger partial charge in [-0.3, -0.25) is 9.48 Å². The fourth-order valence-corrected chi connectivity index (χ4v) is 1.21. The van der Waals surface area contributed by atoms with Gasteiger partial charge in [0.05, 0.1) is 12.1 Å². The zero-order valence-electron chi connectivity index (χ0n) is 9.34. The normalized spacial score (nSPS) is 12.5. The molecule has 1 rings (SSSR count). The number of hydrogen-bond donors (Lipinski definition) is 1. The molecule has 15 heavy (non-hydrogen) atoms. The second kappa shape index (κ2) is 4.93. The second-order valence-electron chi connectivity index (χ2n) is 3.54. The first-order valence-electron chi connectivity index (χ1n) is 4.96. The molecule has 1 aromatic heterocycles. The Kier molecular flexibility index (Phi) is 3.85. The Morgan fingerprint density at radius 2 is 2.40 bits per heavy atom. The zero-order chi connectivity index (χ0) is 11.4. The molecule has 0 aliphatic rings. The quantitative estimate of drug-likeness (QED) is 0.780. The molecular weight excluding hydrogens is 194 g/mol. The summed E-state index contributed by atoms with van der Waals surface area (Å²) >= 11 is 0. The van der Waals surface area contributed by atoms with Gasteiger partial charge in [0.1, 0.15) is 6.10 Å². The van der Waals surface area contributed by atoms with Crippen LogP contribution >= 0.6 is 0 Å². The van der Waals surface area contributed by atoms with Gasteiger partial charge in [-0.1, -0.05) is 0 Å². The highest BCUT2D eigenvalue weighted by Gasteiger charge is 2.17. The average Bonchev–Trinajstić information content (AvgIpc) is 2.63. The molecule has 1 N–H and O–H groups in total. The zero-order valence-corrected chi connectivity index (χ0v) is 9.34. The number of rotatable bonds is 4. The maximum absolute atomic E-state index is 11.5. The van der Waals surface area contributed by atoms with E-state index in [9.17, 15) is 9.90 Å². The van der Waals surface area contributed by atoms with Gasteiger partial charge in [-0.05, 0) is 13.0 Å². The lowest BCUT2D eigenvalue weighted by molar-refractivity contribution is -0.131. The van der Waals surface area contributed by atoms with Crippen molar-refractivity contribution in [3.05, 3.63) is 18.0 Å². The Balaban J connectivity index is 2.56. The van der Waals surface area contributed by atoms with Gasteiger partial charge in [0.25, 0.3) is 0 Å². The summed E-state index contributed by atoms with van der Waals surface area (Å²) < 4.78 is 1.60. The van der Waals surface area contributed by atoms with Crippen molar-refractivity contribution >= 4 is 5.91 Å². The first-order valence-corrected chi connectivity index (χ1v) is 4.96. The minimum atomic E-state index is -0.812. The number of aliphatic hydroxyl groups is 1. The fraction of sp³-hybridized carbons (Fsp3) is 0.600. The summed E-state index contributed by atoms with van der Waals surface area (Å²) in [5.74, 6) is -0.0735. The van der Waals surface area contributed by atoms with Gasteiger partial charge in [0.15, 0.2) is 0 Å². The molecule has 0 aromatic carbocycles. The predicted molar refractivity (Wildman–Crippen MR) is 56.1 cm³/mol. The summed E-state index contributed by atoms with van der Waals surface area (Å²) in [6.45, 7) is 2.54. The van der Waals surface area contributed by atoms with E-state index in [1.165, 1.54) is 0 Å². The summed E-state index contributed by atoms with van der Waals surface area (Å²) in [4.78, 5) is 13.1. The molecule has 0 aliphatic heterocycles. The number of nitrogens with zero attached hydrogens (tertiary/aromatic N) is 3. The summed E-state index contributed by atoms with van der Waals surface area (Å²) in [6, 6.07) is 1.71. The number of aryl methyl sites for hydroxylation is 1. The van der Waals surface area contributed by atoms with E-state index >= 15 is 0 Å². The fourth-order valence-electron chi connectivity index (χ4n) is 1.21. The second-order valence-corrected chi connectivity index (χ2v) is 3.54. The third-order valence-corrected chi connectivity index (χ3v) is 2.34. The smallest absolute Gasteiger partial charge is 0.225 e. The minimum Gasteiger partial charge on any atom is -0.386 e. The largest absolute Gasteiger partial charge is 0.386 e. The van der Waals surface area contributed by atoms with Crippen LogP contribution in [0.25, 0.3) is 0 Å². The van der Waals surface area contributed by atoms with Crippen LogP contribution in [0.2, 0.25) is 0 Å². The molecule has 1 aromatic rings. The molecule has 0 radical (unpaired) electrons. The van der Waals surface area contributed by atoms with E-state index in [1.54, 1.807) is 35.9 Å². The number of hydrogen-bond acceptors (Lipinski definition) is 3. The van der Waals surface area contributed by atoms with Crippen molar-refractivity contribution in [3.8, 4) is 0 Å². The van der Waals surface area contributed by atoms with E-state index in [-0.39, 0.29) is 12.3 Å². The van der Waals surface area contributed by atoms with Crippen LogP contribution in [-0.4, -0.2) is 39.3 Å². The number of aliphatic hydroxyl groups excluding tert-OH is 1. The van der Waals surface area contributed by atoms with Crippen molar-refractivity contribution in [1.82, 2.24) is 14.7 Å². The Morgan fingerprint density at radius 1 is 1.73 bits per heavy atom. The van der Waals surface area contributed by atoms with Gasteiger partial charge in [-0.2, -0.15) is 5.10 Å². The first-order chi connectivity index (χ1) is 7.04. The number of amides is 1. The third kappa shape index (κ3) is 3.06. The summed E-state index contributed by atoms with van der Waals surface area (Å²) in [7, 11) is 3.49. The van der Waals surface area contributed by atoms with Crippen molar-refractivity contribution in [1.29, 1.82) is 0 Å². The van der Waals surface area contributed by atoms with Crippen molar-refractivity contribution in [2.24, 2.45) is 7.05 Å². The molecule has 1 atom stereocenters. The molecular formula is C10H17N3O2. The molecule has 84 valence electrons. The van der Waals surface area contributed by atoms with E-state index in [0.29, 0.717) is 12.2 Å². The van der Waals surface area contributed by atoms with Crippen LogP contribution in [-0.2, 0) is 11.8 Å². The molecule has 5 heteroatoms. The number of carbonyl (C=O) groups is 1. The summed E-state index contributed by atoms with van der Waals surface area (Å²) in [5.41, 5.74) is 0.537. The molecule has 0 saturated carbocycles. The van der Waals surface area contributed by atoms with Crippen LogP contribution in [0.1, 0.15) is 25.1 Å². The maximum atomic E-state index is 11.5. The van der Waals surface area contributed by atoms with Gasteiger partial charge in [-0.25, -0.2) is 0 Å². The topological polar surface area (TPSA) is 58.4 Å². The molecule has 1 unspecified atom stereocenters. The summed E-state index contributed by atoms with van der Waals surface area (Å²) in [5, 5.41) is 13.8. The SMILES string of the molecule is CCN(C)C(=O)CC(O)c1ccn(C)n1. The Morgan fingerprint density at radius 3 is 2.87 bits per heavy atom. The highest BCUT2D eigenvalue weighted by molar-refractivity contribution is 5.76. The number of carbonyl (C=O) groups excluding carboxylic acids is 1. The van der Waals surface area contributed by atoms with Crippen molar-refractivity contribution in [3.63, 3.8) is 0 Å². The summed E-state index contributed by atoms with van der Waals surface area (Å²) in [6.07, 6.45) is 1.01. The van der Waals surface area contributed by atoms with Crippen LogP contribution in [0.3, 0.4) is 0 Å². The first kappa shape index (κ1) is 11.7. The number of aromatic nitrogens is 2. The highest BCUT2D eigenvalue weighted by atomic mass is 16.3. The standard InChI is InChI=1S/C10H17N3O2/c1-4-12(2)10(15)7-9(14)8-5-6-13(3)11-8/h5-6,9,14H,4,7H2,1-3H3. The van der Waals surface area contributed by atoms with Crippen molar-refractivity contribution < 1.29 is 9.90 Å². The van der Waals surface area contributed by atoms with Gasteiger partial charge in [-0.15, -0.1) is 0 Å². The lowest BCUT2D eigenvalue weighted by Crippen LogP contribution is -2.27. The van der Waals surface area contributed by atoms with E-state index in [2.05, 4.69) is 5.10 Å². The third-order valence-electron chi connectivity index (χ3n) is 2.34. The maximum Gasteiger partial charge on any atom is 0.225 e. The average molecular weight is 211 g/mol. The van der Waals surface area contributed by atoms with E-state index in [0.717, 1.165) is 0 Å². The van der Waals surface area contributed by atoms with Crippen LogP contribution in [0.5, 0.6) is 0 Å². The van der Waals surface area contributed by atoms with Gasteiger partial charge in [0, 0.05) is 26.8 Å². The molecule has 0 bridgehead atoms. The van der Waals surface area contributed by atoms with Gasteiger partial charge >= 0.3 is 0 Å². The molecule has 0 saturated heterocycles. The van der Waals surface area contributed by atoms with Crippen molar-refractivity contribution in [2.75, 3.05) is 13.6 Å². The molecule has 5 nitrogen and oxygen atoms in total. The lowest BCUT2D eigenvalue weighted by Gasteiger charge is -2.16. The minimum absolute atomic E-state index is 0.0735. The van der Waals surface area contributed by atoms with Crippen LogP contribution in [0.15, 0.2) is 12.3 Å². The predicted octanol–water partition coefficient (Wildman–Crippen LogP) is 0.322. The highest BCUT2D eigenvalue weighted by Crippen LogP contribution is 2.14. The molecule has 1 heterocycles. The molecule has 1 amide bonds. The molecule has 0 fully saturated rings. The van der Waals surface area contributed by atoms with E-state index in [1.807, 2.05) is 6.92 Å². The Bertz CT molecular complexity index is 335.